The van der Waals surface area contributed by atoms with Crippen LogP contribution in [0.3, 0.4) is 0 Å². The highest BCUT2D eigenvalue weighted by Gasteiger charge is 2.18. The summed E-state index contributed by atoms with van der Waals surface area (Å²) in [7, 11) is 0. The maximum atomic E-state index is 4.10. The quantitative estimate of drug-likeness (QED) is 0.662. The first-order valence-corrected chi connectivity index (χ1v) is 5.17. The number of hydrogen-bond donors (Lipinski definition) is 0. The van der Waals surface area contributed by atoms with Gasteiger partial charge >= 0.3 is 0 Å². The molecule has 72 valence electrons. The Hall–Kier alpha value is -0.860. The summed E-state index contributed by atoms with van der Waals surface area (Å²) in [6.07, 6.45) is 6.74. The molecule has 0 radical (unpaired) electrons. The standard InChI is InChI=1S/C10H17N3/c1-8-11-12-9(2)13(8)10-6-4-3-5-7-10/h10H,3-7H2,1-2H3. The molecule has 1 saturated carbocycles. The van der Waals surface area contributed by atoms with Gasteiger partial charge in [-0.25, -0.2) is 0 Å². The summed E-state index contributed by atoms with van der Waals surface area (Å²) in [6.45, 7) is 4.10. The molecule has 1 aliphatic rings. The molecule has 3 heteroatoms. The number of hydrogen-bond acceptors (Lipinski definition) is 2. The van der Waals surface area contributed by atoms with Gasteiger partial charge in [-0.2, -0.15) is 0 Å². The summed E-state index contributed by atoms with van der Waals surface area (Å²) in [5.41, 5.74) is 0. The lowest BCUT2D eigenvalue weighted by Gasteiger charge is -2.24. The van der Waals surface area contributed by atoms with E-state index in [-0.39, 0.29) is 0 Å². The van der Waals surface area contributed by atoms with Gasteiger partial charge in [0.15, 0.2) is 0 Å². The molecule has 0 spiro atoms. The van der Waals surface area contributed by atoms with Crippen LogP contribution in [0.5, 0.6) is 0 Å². The van der Waals surface area contributed by atoms with Gasteiger partial charge in [0.1, 0.15) is 11.6 Å². The van der Waals surface area contributed by atoms with Crippen LogP contribution < -0.4 is 0 Å². The molecule has 1 heterocycles. The van der Waals surface area contributed by atoms with Crippen molar-refractivity contribution in [3.63, 3.8) is 0 Å². The molecule has 1 aliphatic carbocycles. The minimum absolute atomic E-state index is 0.670. The fourth-order valence-corrected chi connectivity index (χ4v) is 2.34. The fourth-order valence-electron chi connectivity index (χ4n) is 2.34. The van der Waals surface area contributed by atoms with Gasteiger partial charge in [-0.05, 0) is 26.7 Å². The average molecular weight is 179 g/mol. The molecule has 3 nitrogen and oxygen atoms in total. The molecule has 2 rings (SSSR count). The van der Waals surface area contributed by atoms with Crippen LogP contribution in [-0.2, 0) is 0 Å². The second kappa shape index (κ2) is 3.48. The van der Waals surface area contributed by atoms with Gasteiger partial charge in [0.25, 0.3) is 0 Å². The third-order valence-corrected chi connectivity index (χ3v) is 2.98. The van der Waals surface area contributed by atoms with Crippen molar-refractivity contribution in [1.82, 2.24) is 14.8 Å². The average Bonchev–Trinajstić information content (AvgIpc) is 2.48. The van der Waals surface area contributed by atoms with Crippen LogP contribution in [0.1, 0.15) is 49.8 Å². The summed E-state index contributed by atoms with van der Waals surface area (Å²) in [5, 5.41) is 8.21. The first kappa shape index (κ1) is 8.73. The van der Waals surface area contributed by atoms with E-state index in [0.717, 1.165) is 11.6 Å². The number of aryl methyl sites for hydroxylation is 2. The zero-order chi connectivity index (χ0) is 9.26. The Labute approximate surface area is 79.2 Å². The van der Waals surface area contributed by atoms with Crippen LogP contribution in [0.4, 0.5) is 0 Å². The first-order valence-electron chi connectivity index (χ1n) is 5.17. The molecule has 0 amide bonds. The third kappa shape index (κ3) is 1.60. The number of rotatable bonds is 1. The van der Waals surface area contributed by atoms with Crippen molar-refractivity contribution in [3.05, 3.63) is 11.6 Å². The second-order valence-corrected chi connectivity index (χ2v) is 3.96. The molecule has 0 aromatic carbocycles. The van der Waals surface area contributed by atoms with Crippen LogP contribution >= 0.6 is 0 Å². The van der Waals surface area contributed by atoms with Gasteiger partial charge in [-0.1, -0.05) is 19.3 Å². The topological polar surface area (TPSA) is 30.7 Å². The maximum absolute atomic E-state index is 4.10. The van der Waals surface area contributed by atoms with E-state index in [0.29, 0.717) is 6.04 Å². The van der Waals surface area contributed by atoms with Gasteiger partial charge < -0.3 is 4.57 Å². The Morgan fingerprint density at radius 2 is 1.54 bits per heavy atom. The first-order chi connectivity index (χ1) is 6.29. The minimum Gasteiger partial charge on any atom is -0.312 e. The summed E-state index contributed by atoms with van der Waals surface area (Å²) in [4.78, 5) is 0. The highest BCUT2D eigenvalue weighted by Crippen LogP contribution is 2.29. The van der Waals surface area contributed by atoms with Crippen molar-refractivity contribution in [1.29, 1.82) is 0 Å². The van der Waals surface area contributed by atoms with Gasteiger partial charge in [-0.3, -0.25) is 0 Å². The lowest BCUT2D eigenvalue weighted by atomic mass is 9.95. The molecular weight excluding hydrogens is 162 g/mol. The monoisotopic (exact) mass is 179 g/mol. The maximum Gasteiger partial charge on any atom is 0.130 e. The van der Waals surface area contributed by atoms with E-state index in [9.17, 15) is 0 Å². The molecule has 0 unspecified atom stereocenters. The SMILES string of the molecule is Cc1nnc(C)n1C1CCCCC1. The van der Waals surface area contributed by atoms with Crippen molar-refractivity contribution in [3.8, 4) is 0 Å². The van der Waals surface area contributed by atoms with Crippen molar-refractivity contribution in [2.45, 2.75) is 52.0 Å². The molecule has 1 aromatic heterocycles. The summed E-state index contributed by atoms with van der Waals surface area (Å²) in [5.74, 6) is 2.15. The van der Waals surface area contributed by atoms with E-state index in [4.69, 9.17) is 0 Å². The van der Waals surface area contributed by atoms with Gasteiger partial charge in [0, 0.05) is 6.04 Å². The summed E-state index contributed by atoms with van der Waals surface area (Å²) in [6, 6.07) is 0.670. The van der Waals surface area contributed by atoms with Crippen LogP contribution in [-0.4, -0.2) is 14.8 Å². The Morgan fingerprint density at radius 1 is 1.00 bits per heavy atom. The van der Waals surface area contributed by atoms with Gasteiger partial charge in [0.2, 0.25) is 0 Å². The predicted octanol–water partition coefficient (Wildman–Crippen LogP) is 2.40. The van der Waals surface area contributed by atoms with Crippen molar-refractivity contribution < 1.29 is 0 Å². The van der Waals surface area contributed by atoms with Crippen LogP contribution in [0.2, 0.25) is 0 Å². The molecule has 0 aliphatic heterocycles. The highest BCUT2D eigenvalue weighted by atomic mass is 15.3. The van der Waals surface area contributed by atoms with E-state index in [2.05, 4.69) is 28.6 Å². The van der Waals surface area contributed by atoms with E-state index in [1.807, 2.05) is 0 Å². The fraction of sp³-hybridized carbons (Fsp3) is 0.800. The van der Waals surface area contributed by atoms with Crippen LogP contribution in [0.15, 0.2) is 0 Å². The Balaban J connectivity index is 2.22. The van der Waals surface area contributed by atoms with Gasteiger partial charge in [0.05, 0.1) is 0 Å². The lowest BCUT2D eigenvalue weighted by Crippen LogP contribution is -2.15. The normalized spacial score (nSPS) is 19.2. The summed E-state index contributed by atoms with van der Waals surface area (Å²) >= 11 is 0. The molecule has 0 bridgehead atoms. The van der Waals surface area contributed by atoms with Crippen molar-refractivity contribution in [2.24, 2.45) is 0 Å². The van der Waals surface area contributed by atoms with E-state index < -0.39 is 0 Å². The largest absolute Gasteiger partial charge is 0.312 e. The zero-order valence-corrected chi connectivity index (χ0v) is 8.45. The number of aromatic nitrogens is 3. The van der Waals surface area contributed by atoms with Crippen molar-refractivity contribution >= 4 is 0 Å². The summed E-state index contributed by atoms with van der Waals surface area (Å²) < 4.78 is 2.30. The van der Waals surface area contributed by atoms with E-state index in [1.54, 1.807) is 0 Å². The molecule has 0 N–H and O–H groups in total. The predicted molar refractivity (Wildman–Crippen MR) is 51.6 cm³/mol. The Kier molecular flexibility index (Phi) is 2.34. The molecule has 1 aromatic rings. The number of nitrogens with zero attached hydrogens (tertiary/aromatic N) is 3. The van der Waals surface area contributed by atoms with Crippen LogP contribution in [0, 0.1) is 13.8 Å². The van der Waals surface area contributed by atoms with Crippen molar-refractivity contribution in [2.75, 3.05) is 0 Å². The Morgan fingerprint density at radius 3 is 2.08 bits per heavy atom. The Bertz CT molecular complexity index is 265. The molecule has 13 heavy (non-hydrogen) atoms. The zero-order valence-electron chi connectivity index (χ0n) is 8.45. The third-order valence-electron chi connectivity index (χ3n) is 2.98. The molecular formula is C10H17N3. The molecule has 1 fully saturated rings. The van der Waals surface area contributed by atoms with Gasteiger partial charge in [-0.15, -0.1) is 10.2 Å². The smallest absolute Gasteiger partial charge is 0.130 e. The second-order valence-electron chi connectivity index (χ2n) is 3.96. The van der Waals surface area contributed by atoms with E-state index >= 15 is 0 Å². The lowest BCUT2D eigenvalue weighted by molar-refractivity contribution is 0.343. The minimum atomic E-state index is 0.670. The van der Waals surface area contributed by atoms with E-state index in [1.165, 1.54) is 32.1 Å². The molecule has 0 atom stereocenters. The molecule has 0 saturated heterocycles. The highest BCUT2D eigenvalue weighted by molar-refractivity contribution is 4.95. The van der Waals surface area contributed by atoms with Crippen LogP contribution in [0.25, 0.3) is 0 Å².